The summed E-state index contributed by atoms with van der Waals surface area (Å²) in [7, 11) is 1.58. The SMILES string of the molecule is COc1ccc(C(=O)NNC(=S)Nc2ccccc2C)cc1. The monoisotopic (exact) mass is 315 g/mol. The fraction of sp³-hybridized carbons (Fsp3) is 0.125. The van der Waals surface area contributed by atoms with Crippen LogP contribution in [0.5, 0.6) is 5.75 Å². The van der Waals surface area contributed by atoms with Crippen LogP contribution in [-0.4, -0.2) is 18.1 Å². The van der Waals surface area contributed by atoms with E-state index in [0.29, 0.717) is 16.4 Å². The lowest BCUT2D eigenvalue weighted by Gasteiger charge is -2.13. The van der Waals surface area contributed by atoms with Crippen LogP contribution in [0, 0.1) is 6.92 Å². The number of hydrogen-bond acceptors (Lipinski definition) is 3. The summed E-state index contributed by atoms with van der Waals surface area (Å²) in [5.74, 6) is 0.415. The molecule has 22 heavy (non-hydrogen) atoms. The standard InChI is InChI=1S/C16H17N3O2S/c1-11-5-3-4-6-14(11)17-16(22)19-18-15(20)12-7-9-13(21-2)10-8-12/h3-10H,1-2H3,(H,18,20)(H2,17,19,22). The van der Waals surface area contributed by atoms with Crippen LogP contribution in [0.4, 0.5) is 5.69 Å². The lowest BCUT2D eigenvalue weighted by Crippen LogP contribution is -2.43. The normalized spacial score (nSPS) is 9.73. The highest BCUT2D eigenvalue weighted by molar-refractivity contribution is 7.80. The lowest BCUT2D eigenvalue weighted by molar-refractivity contribution is 0.0944. The summed E-state index contributed by atoms with van der Waals surface area (Å²) < 4.78 is 5.05. The van der Waals surface area contributed by atoms with Gasteiger partial charge in [0.2, 0.25) is 0 Å². The summed E-state index contributed by atoms with van der Waals surface area (Å²) in [5.41, 5.74) is 7.67. The van der Waals surface area contributed by atoms with Gasteiger partial charge in [-0.15, -0.1) is 0 Å². The van der Waals surface area contributed by atoms with Crippen LogP contribution in [0.25, 0.3) is 0 Å². The van der Waals surface area contributed by atoms with Crippen LogP contribution in [0.1, 0.15) is 15.9 Å². The van der Waals surface area contributed by atoms with Gasteiger partial charge in [-0.05, 0) is 55.0 Å². The Labute approximate surface area is 134 Å². The van der Waals surface area contributed by atoms with Crippen LogP contribution >= 0.6 is 12.2 Å². The van der Waals surface area contributed by atoms with E-state index in [1.165, 1.54) is 0 Å². The number of benzene rings is 2. The molecule has 0 heterocycles. The molecule has 0 unspecified atom stereocenters. The molecule has 2 rings (SSSR count). The number of aryl methyl sites for hydroxylation is 1. The summed E-state index contributed by atoms with van der Waals surface area (Å²) in [4.78, 5) is 12.0. The van der Waals surface area contributed by atoms with Crippen LogP contribution < -0.4 is 20.9 Å². The predicted molar refractivity (Wildman–Crippen MR) is 91.0 cm³/mol. The van der Waals surface area contributed by atoms with E-state index >= 15 is 0 Å². The molecule has 5 nitrogen and oxygen atoms in total. The highest BCUT2D eigenvalue weighted by Gasteiger charge is 2.06. The van der Waals surface area contributed by atoms with E-state index in [1.54, 1.807) is 31.4 Å². The van der Waals surface area contributed by atoms with Crippen molar-refractivity contribution in [3.05, 3.63) is 59.7 Å². The van der Waals surface area contributed by atoms with Crippen LogP contribution in [0.3, 0.4) is 0 Å². The van der Waals surface area contributed by atoms with Gasteiger partial charge in [0.15, 0.2) is 5.11 Å². The van der Waals surface area contributed by atoms with Gasteiger partial charge >= 0.3 is 0 Å². The molecule has 0 spiro atoms. The quantitative estimate of drug-likeness (QED) is 0.600. The Morgan fingerprint density at radius 2 is 1.73 bits per heavy atom. The second-order valence-corrected chi connectivity index (χ2v) is 4.98. The van der Waals surface area contributed by atoms with E-state index in [0.717, 1.165) is 11.3 Å². The van der Waals surface area contributed by atoms with Gasteiger partial charge in [-0.2, -0.15) is 0 Å². The maximum Gasteiger partial charge on any atom is 0.269 e. The van der Waals surface area contributed by atoms with E-state index in [9.17, 15) is 4.79 Å². The number of hydrazine groups is 1. The third-order valence-electron chi connectivity index (χ3n) is 3.04. The average Bonchev–Trinajstić information content (AvgIpc) is 2.55. The molecular formula is C16H17N3O2S. The summed E-state index contributed by atoms with van der Waals surface area (Å²) in [6, 6.07) is 14.5. The number of methoxy groups -OCH3 is 1. The number of ether oxygens (including phenoxy) is 1. The van der Waals surface area contributed by atoms with E-state index < -0.39 is 0 Å². The number of carbonyl (C=O) groups excluding carboxylic acids is 1. The largest absolute Gasteiger partial charge is 0.497 e. The number of nitrogens with one attached hydrogen (secondary N) is 3. The van der Waals surface area contributed by atoms with Gasteiger partial charge in [0.05, 0.1) is 7.11 Å². The first-order valence-electron chi connectivity index (χ1n) is 6.67. The van der Waals surface area contributed by atoms with Crippen LogP contribution in [0.2, 0.25) is 0 Å². The zero-order chi connectivity index (χ0) is 15.9. The molecule has 0 aliphatic carbocycles. The van der Waals surface area contributed by atoms with Crippen molar-refractivity contribution < 1.29 is 9.53 Å². The first-order chi connectivity index (χ1) is 10.6. The molecule has 0 fully saturated rings. The Balaban J connectivity index is 1.87. The van der Waals surface area contributed by atoms with Crippen molar-refractivity contribution in [2.24, 2.45) is 0 Å². The third kappa shape index (κ3) is 4.20. The lowest BCUT2D eigenvalue weighted by atomic mass is 10.2. The average molecular weight is 315 g/mol. The molecule has 0 saturated carbocycles. The van der Waals surface area contributed by atoms with Gasteiger partial charge in [0, 0.05) is 11.3 Å². The topological polar surface area (TPSA) is 62.4 Å². The molecule has 114 valence electrons. The molecule has 0 aliphatic rings. The van der Waals surface area contributed by atoms with Gasteiger partial charge in [-0.1, -0.05) is 18.2 Å². The van der Waals surface area contributed by atoms with Crippen molar-refractivity contribution in [3.8, 4) is 5.75 Å². The van der Waals surface area contributed by atoms with E-state index in [2.05, 4.69) is 16.2 Å². The highest BCUT2D eigenvalue weighted by Crippen LogP contribution is 2.13. The molecule has 1 amide bonds. The summed E-state index contributed by atoms with van der Waals surface area (Å²) in [5, 5.41) is 3.34. The molecule has 0 radical (unpaired) electrons. The minimum absolute atomic E-state index is 0.281. The first-order valence-corrected chi connectivity index (χ1v) is 7.08. The number of para-hydroxylation sites is 1. The zero-order valence-corrected chi connectivity index (χ0v) is 13.2. The summed E-state index contributed by atoms with van der Waals surface area (Å²) in [6.45, 7) is 1.97. The number of thiocarbonyl (C=S) groups is 1. The number of amides is 1. The molecule has 6 heteroatoms. The molecule has 0 aliphatic heterocycles. The van der Waals surface area contributed by atoms with Crippen LogP contribution in [-0.2, 0) is 0 Å². The van der Waals surface area contributed by atoms with Crippen molar-refractivity contribution >= 4 is 28.9 Å². The molecule has 2 aromatic rings. The number of rotatable bonds is 3. The van der Waals surface area contributed by atoms with Crippen molar-refractivity contribution in [1.82, 2.24) is 10.9 Å². The van der Waals surface area contributed by atoms with Gasteiger partial charge < -0.3 is 10.1 Å². The third-order valence-corrected chi connectivity index (χ3v) is 3.24. The molecule has 0 bridgehead atoms. The predicted octanol–water partition coefficient (Wildman–Crippen LogP) is 2.64. The maximum atomic E-state index is 12.0. The van der Waals surface area contributed by atoms with Gasteiger partial charge in [-0.3, -0.25) is 15.6 Å². The molecule has 0 aromatic heterocycles. The number of carbonyl (C=O) groups is 1. The Bertz CT molecular complexity index is 671. The maximum absolute atomic E-state index is 12.0. The first kappa shape index (κ1) is 15.8. The van der Waals surface area contributed by atoms with Crippen molar-refractivity contribution in [2.75, 3.05) is 12.4 Å². The molecule has 0 atom stereocenters. The molecule has 2 aromatic carbocycles. The Morgan fingerprint density at radius 1 is 1.05 bits per heavy atom. The van der Waals surface area contributed by atoms with Crippen LogP contribution in [0.15, 0.2) is 48.5 Å². The Morgan fingerprint density at radius 3 is 2.36 bits per heavy atom. The second-order valence-electron chi connectivity index (χ2n) is 4.58. The fourth-order valence-electron chi connectivity index (χ4n) is 1.79. The summed E-state index contributed by atoms with van der Waals surface area (Å²) >= 11 is 5.15. The van der Waals surface area contributed by atoms with E-state index in [-0.39, 0.29) is 5.91 Å². The zero-order valence-electron chi connectivity index (χ0n) is 12.3. The molecule has 3 N–H and O–H groups in total. The van der Waals surface area contributed by atoms with E-state index in [4.69, 9.17) is 17.0 Å². The molecular weight excluding hydrogens is 298 g/mol. The highest BCUT2D eigenvalue weighted by atomic mass is 32.1. The Kier molecular flexibility index (Phi) is 5.32. The van der Waals surface area contributed by atoms with Gasteiger partial charge in [0.25, 0.3) is 5.91 Å². The van der Waals surface area contributed by atoms with Gasteiger partial charge in [-0.25, -0.2) is 0 Å². The van der Waals surface area contributed by atoms with Crippen molar-refractivity contribution in [1.29, 1.82) is 0 Å². The second kappa shape index (κ2) is 7.42. The van der Waals surface area contributed by atoms with Crippen molar-refractivity contribution in [3.63, 3.8) is 0 Å². The Hall–Kier alpha value is -2.60. The smallest absolute Gasteiger partial charge is 0.269 e. The number of anilines is 1. The van der Waals surface area contributed by atoms with Gasteiger partial charge in [0.1, 0.15) is 5.75 Å². The summed E-state index contributed by atoms with van der Waals surface area (Å²) in [6.07, 6.45) is 0. The van der Waals surface area contributed by atoms with E-state index in [1.807, 2.05) is 31.2 Å². The molecule has 0 saturated heterocycles. The fourth-order valence-corrected chi connectivity index (χ4v) is 1.96. The minimum atomic E-state index is -0.281. The van der Waals surface area contributed by atoms with Crippen molar-refractivity contribution in [2.45, 2.75) is 6.92 Å². The minimum Gasteiger partial charge on any atom is -0.497 e. The number of hydrogen-bond donors (Lipinski definition) is 3.